The first-order chi connectivity index (χ1) is 8.49. The summed E-state index contributed by atoms with van der Waals surface area (Å²) >= 11 is 0. The molecular weight excluding hydrogens is 241 g/mol. The second-order valence-corrected chi connectivity index (χ2v) is 4.22. The summed E-state index contributed by atoms with van der Waals surface area (Å²) in [6, 6.07) is 3.14. The quantitative estimate of drug-likeness (QED) is 0.428. The monoisotopic (exact) mass is 257 g/mol. The topological polar surface area (TPSA) is 61.6 Å². The summed E-state index contributed by atoms with van der Waals surface area (Å²) in [7, 11) is 0. The van der Waals surface area contributed by atoms with Crippen LogP contribution >= 0.6 is 0 Å². The van der Waals surface area contributed by atoms with E-state index >= 15 is 0 Å². The molecule has 5 nitrogen and oxygen atoms in total. The van der Waals surface area contributed by atoms with E-state index < -0.39 is 10.7 Å². The number of rotatable bonds is 7. The summed E-state index contributed by atoms with van der Waals surface area (Å²) in [5.74, 6) is -0.127. The molecule has 0 aliphatic rings. The molecule has 1 rings (SSSR count). The van der Waals surface area contributed by atoms with Crippen molar-refractivity contribution in [3.8, 4) is 5.75 Å². The van der Waals surface area contributed by atoms with Crippen LogP contribution in [0.5, 0.6) is 5.75 Å². The number of nitro benzene ring substituents is 1. The predicted molar refractivity (Wildman–Crippen MR) is 64.2 cm³/mol. The highest BCUT2D eigenvalue weighted by Gasteiger charge is 2.10. The third-order valence-electron chi connectivity index (χ3n) is 2.01. The number of halogens is 1. The summed E-state index contributed by atoms with van der Waals surface area (Å²) in [4.78, 5) is 9.85. The Hall–Kier alpha value is -1.69. The standard InChI is InChI=1S/C12H16FNO4/c1-9(2)8-17-3-4-18-12-6-10(13)5-11(7-12)14(15)16/h5-7,9H,3-4,8H2,1-2H3. The van der Waals surface area contributed by atoms with Crippen molar-refractivity contribution in [2.75, 3.05) is 19.8 Å². The van der Waals surface area contributed by atoms with Crippen molar-refractivity contribution in [3.63, 3.8) is 0 Å². The first-order valence-corrected chi connectivity index (χ1v) is 5.64. The van der Waals surface area contributed by atoms with Crippen molar-refractivity contribution < 1.29 is 18.8 Å². The van der Waals surface area contributed by atoms with Crippen LogP contribution in [0.1, 0.15) is 13.8 Å². The van der Waals surface area contributed by atoms with Gasteiger partial charge in [0.1, 0.15) is 18.2 Å². The number of nitrogens with zero attached hydrogens (tertiary/aromatic N) is 1. The molecule has 0 saturated heterocycles. The molecule has 0 saturated carbocycles. The maximum atomic E-state index is 13.1. The van der Waals surface area contributed by atoms with E-state index in [4.69, 9.17) is 9.47 Å². The van der Waals surface area contributed by atoms with Gasteiger partial charge in [-0.2, -0.15) is 0 Å². The number of hydrogen-bond donors (Lipinski definition) is 0. The average Bonchev–Trinajstić information content (AvgIpc) is 2.27. The van der Waals surface area contributed by atoms with Crippen LogP contribution in [-0.4, -0.2) is 24.7 Å². The highest BCUT2D eigenvalue weighted by molar-refractivity contribution is 5.38. The summed E-state index contributed by atoms with van der Waals surface area (Å²) in [6.45, 7) is 5.26. The molecule has 18 heavy (non-hydrogen) atoms. The van der Waals surface area contributed by atoms with Crippen molar-refractivity contribution in [3.05, 3.63) is 34.1 Å². The number of benzene rings is 1. The Balaban J connectivity index is 2.44. The number of non-ortho nitro benzene ring substituents is 1. The molecule has 0 fully saturated rings. The highest BCUT2D eigenvalue weighted by atomic mass is 19.1. The van der Waals surface area contributed by atoms with Crippen LogP contribution in [0.3, 0.4) is 0 Å². The van der Waals surface area contributed by atoms with Gasteiger partial charge >= 0.3 is 0 Å². The van der Waals surface area contributed by atoms with Crippen molar-refractivity contribution in [2.24, 2.45) is 5.92 Å². The van der Waals surface area contributed by atoms with Gasteiger partial charge in [-0.1, -0.05) is 13.8 Å². The zero-order valence-corrected chi connectivity index (χ0v) is 10.4. The fourth-order valence-electron chi connectivity index (χ4n) is 1.27. The third kappa shape index (κ3) is 5.09. The third-order valence-corrected chi connectivity index (χ3v) is 2.01. The van der Waals surface area contributed by atoms with Gasteiger partial charge in [0, 0.05) is 12.7 Å². The molecule has 0 unspecified atom stereocenters. The van der Waals surface area contributed by atoms with Crippen LogP contribution in [0, 0.1) is 21.8 Å². The van der Waals surface area contributed by atoms with E-state index in [-0.39, 0.29) is 18.0 Å². The first-order valence-electron chi connectivity index (χ1n) is 5.64. The molecule has 0 N–H and O–H groups in total. The molecule has 0 aromatic heterocycles. The smallest absolute Gasteiger partial charge is 0.276 e. The minimum Gasteiger partial charge on any atom is -0.491 e. The van der Waals surface area contributed by atoms with E-state index in [2.05, 4.69) is 0 Å². The van der Waals surface area contributed by atoms with Gasteiger partial charge in [0.2, 0.25) is 0 Å². The zero-order valence-electron chi connectivity index (χ0n) is 10.4. The van der Waals surface area contributed by atoms with Crippen LogP contribution in [0.2, 0.25) is 0 Å². The molecule has 0 heterocycles. The Labute approximate surface area is 105 Å². The first kappa shape index (κ1) is 14.4. The molecular formula is C12H16FNO4. The Morgan fingerprint density at radius 2 is 2.06 bits per heavy atom. The Morgan fingerprint density at radius 1 is 1.33 bits per heavy atom. The molecule has 0 radical (unpaired) electrons. The van der Waals surface area contributed by atoms with Crippen molar-refractivity contribution >= 4 is 5.69 Å². The van der Waals surface area contributed by atoms with E-state index in [1.165, 1.54) is 6.07 Å². The maximum Gasteiger partial charge on any atom is 0.276 e. The lowest BCUT2D eigenvalue weighted by Gasteiger charge is -2.08. The van der Waals surface area contributed by atoms with Gasteiger partial charge in [-0.3, -0.25) is 10.1 Å². The number of hydrogen-bond acceptors (Lipinski definition) is 4. The van der Waals surface area contributed by atoms with Crippen LogP contribution in [-0.2, 0) is 4.74 Å². The molecule has 0 atom stereocenters. The second-order valence-electron chi connectivity index (χ2n) is 4.22. The van der Waals surface area contributed by atoms with E-state index in [0.717, 1.165) is 12.1 Å². The van der Waals surface area contributed by atoms with Crippen LogP contribution in [0.4, 0.5) is 10.1 Å². The van der Waals surface area contributed by atoms with Crippen molar-refractivity contribution in [1.82, 2.24) is 0 Å². The molecule has 1 aromatic rings. The van der Waals surface area contributed by atoms with Gasteiger partial charge < -0.3 is 9.47 Å². The second kappa shape index (κ2) is 6.90. The molecule has 1 aromatic carbocycles. The van der Waals surface area contributed by atoms with Gasteiger partial charge in [0.25, 0.3) is 5.69 Å². The molecule has 100 valence electrons. The largest absolute Gasteiger partial charge is 0.491 e. The Morgan fingerprint density at radius 3 is 2.67 bits per heavy atom. The zero-order chi connectivity index (χ0) is 13.5. The van der Waals surface area contributed by atoms with E-state index in [1.807, 2.05) is 13.8 Å². The van der Waals surface area contributed by atoms with Crippen molar-refractivity contribution in [1.29, 1.82) is 0 Å². The summed E-state index contributed by atoms with van der Waals surface area (Å²) in [5.41, 5.74) is -0.326. The normalized spacial score (nSPS) is 10.7. The predicted octanol–water partition coefficient (Wildman–Crippen LogP) is 2.79. The van der Waals surface area contributed by atoms with Crippen LogP contribution in [0.15, 0.2) is 18.2 Å². The average molecular weight is 257 g/mol. The molecule has 0 bridgehead atoms. The molecule has 0 amide bonds. The summed E-state index contributed by atoms with van der Waals surface area (Å²) < 4.78 is 23.5. The Bertz CT molecular complexity index is 409. The van der Waals surface area contributed by atoms with Crippen LogP contribution < -0.4 is 4.74 Å². The SMILES string of the molecule is CC(C)COCCOc1cc(F)cc([N+](=O)[O-])c1. The van der Waals surface area contributed by atoms with Crippen molar-refractivity contribution in [2.45, 2.75) is 13.8 Å². The maximum absolute atomic E-state index is 13.1. The lowest BCUT2D eigenvalue weighted by Crippen LogP contribution is -2.10. The summed E-state index contributed by atoms with van der Waals surface area (Å²) in [5, 5.41) is 10.5. The fraction of sp³-hybridized carbons (Fsp3) is 0.500. The van der Waals surface area contributed by atoms with Gasteiger partial charge in [-0.25, -0.2) is 4.39 Å². The molecule has 0 spiro atoms. The van der Waals surface area contributed by atoms with Gasteiger partial charge in [-0.05, 0) is 5.92 Å². The number of nitro groups is 1. The lowest BCUT2D eigenvalue weighted by atomic mass is 10.2. The fourth-order valence-corrected chi connectivity index (χ4v) is 1.27. The van der Waals surface area contributed by atoms with E-state index in [9.17, 15) is 14.5 Å². The molecule has 0 aliphatic carbocycles. The van der Waals surface area contributed by atoms with Gasteiger partial charge in [-0.15, -0.1) is 0 Å². The number of ether oxygens (including phenoxy) is 2. The van der Waals surface area contributed by atoms with E-state index in [1.54, 1.807) is 0 Å². The molecule has 6 heteroatoms. The van der Waals surface area contributed by atoms with E-state index in [0.29, 0.717) is 19.1 Å². The summed E-state index contributed by atoms with van der Waals surface area (Å²) in [6.07, 6.45) is 0. The lowest BCUT2D eigenvalue weighted by molar-refractivity contribution is -0.385. The highest BCUT2D eigenvalue weighted by Crippen LogP contribution is 2.21. The van der Waals surface area contributed by atoms with Crippen LogP contribution in [0.25, 0.3) is 0 Å². The minimum absolute atomic E-state index is 0.134. The Kier molecular flexibility index (Phi) is 5.51. The van der Waals surface area contributed by atoms with Gasteiger partial charge in [0.05, 0.1) is 23.7 Å². The minimum atomic E-state index is -0.692. The molecule has 0 aliphatic heterocycles. The van der Waals surface area contributed by atoms with Gasteiger partial charge in [0.15, 0.2) is 0 Å².